The topological polar surface area (TPSA) is 99.0 Å². The van der Waals surface area contributed by atoms with Crippen molar-refractivity contribution in [1.29, 1.82) is 5.26 Å². The van der Waals surface area contributed by atoms with E-state index in [0.29, 0.717) is 36.8 Å². The van der Waals surface area contributed by atoms with Gasteiger partial charge in [-0.25, -0.2) is 4.79 Å². The summed E-state index contributed by atoms with van der Waals surface area (Å²) in [6.45, 7) is 8.79. The molecule has 3 atom stereocenters. The highest BCUT2D eigenvalue weighted by Crippen LogP contribution is 2.33. The molecule has 3 aliphatic heterocycles. The van der Waals surface area contributed by atoms with Gasteiger partial charge in [0.25, 0.3) is 0 Å². The van der Waals surface area contributed by atoms with Crippen LogP contribution in [0.3, 0.4) is 0 Å². The van der Waals surface area contributed by atoms with Gasteiger partial charge in [0.05, 0.1) is 11.1 Å². The monoisotopic (exact) mass is 539 g/mol. The number of nitrogens with zero attached hydrogens (tertiary/aromatic N) is 6. The Balaban J connectivity index is 1.07. The van der Waals surface area contributed by atoms with Gasteiger partial charge in [0.2, 0.25) is 0 Å². The number of piperidine rings is 1. The number of aromatic nitrogens is 1. The summed E-state index contributed by atoms with van der Waals surface area (Å²) in [6, 6.07) is 20.5. The first-order valence-electron chi connectivity index (χ1n) is 14.3. The van der Waals surface area contributed by atoms with Crippen molar-refractivity contribution in [2.24, 2.45) is 0 Å². The summed E-state index contributed by atoms with van der Waals surface area (Å²) >= 11 is 0. The lowest BCUT2D eigenvalue weighted by atomic mass is 9.92. The standard InChI is InChI=1S/C31H37N7O2/c1-22-20-37(29-9-6-24(18-32)30-28(29)3-2-11-33-30)21-27-17-25(10-12-38(22)27)34-19-23-4-7-26(8-5-23)35-13-15-36(16-14-35)31(39)40/h2-9,11,22,25,27,34H,10,12-17,19-21H2,1H3,(H,39,40)/t22-,25?,27+/m1/s1. The number of benzene rings is 2. The molecule has 3 aromatic rings. The maximum atomic E-state index is 11.2. The smallest absolute Gasteiger partial charge is 0.407 e. The van der Waals surface area contributed by atoms with E-state index < -0.39 is 6.09 Å². The van der Waals surface area contributed by atoms with Gasteiger partial charge < -0.3 is 25.1 Å². The first kappa shape index (κ1) is 26.4. The number of rotatable bonds is 5. The molecule has 6 rings (SSSR count). The van der Waals surface area contributed by atoms with Gasteiger partial charge in [-0.1, -0.05) is 12.1 Å². The Labute approximate surface area is 235 Å². The van der Waals surface area contributed by atoms with Crippen LogP contribution in [0, 0.1) is 11.3 Å². The van der Waals surface area contributed by atoms with Crippen LogP contribution in [0.2, 0.25) is 0 Å². The van der Waals surface area contributed by atoms with E-state index in [2.05, 4.69) is 74.4 Å². The summed E-state index contributed by atoms with van der Waals surface area (Å²) in [4.78, 5) is 24.6. The first-order valence-corrected chi connectivity index (χ1v) is 14.3. The fourth-order valence-electron chi connectivity index (χ4n) is 6.73. The zero-order valence-corrected chi connectivity index (χ0v) is 23.0. The van der Waals surface area contributed by atoms with E-state index in [-0.39, 0.29) is 0 Å². The summed E-state index contributed by atoms with van der Waals surface area (Å²) < 4.78 is 0. The average Bonchev–Trinajstić information content (AvgIpc) is 2.99. The van der Waals surface area contributed by atoms with Gasteiger partial charge in [0, 0.05) is 93.4 Å². The third-order valence-corrected chi connectivity index (χ3v) is 8.90. The number of piperazine rings is 2. The molecule has 1 amide bonds. The minimum atomic E-state index is -0.831. The third-order valence-electron chi connectivity index (χ3n) is 8.90. The van der Waals surface area contributed by atoms with E-state index in [1.54, 1.807) is 6.20 Å². The predicted octanol–water partition coefficient (Wildman–Crippen LogP) is 3.74. The molecule has 1 unspecified atom stereocenters. The number of amides is 1. The van der Waals surface area contributed by atoms with Crippen molar-refractivity contribution >= 4 is 28.4 Å². The Bertz CT molecular complexity index is 1400. The number of hydrogen-bond donors (Lipinski definition) is 2. The number of pyridine rings is 1. The minimum Gasteiger partial charge on any atom is -0.465 e. The Kier molecular flexibility index (Phi) is 7.46. The van der Waals surface area contributed by atoms with Crippen LogP contribution in [0.1, 0.15) is 30.9 Å². The highest BCUT2D eigenvalue weighted by atomic mass is 16.4. The van der Waals surface area contributed by atoms with Crippen LogP contribution in [0.15, 0.2) is 54.7 Å². The maximum absolute atomic E-state index is 11.2. The molecule has 9 nitrogen and oxygen atoms in total. The molecular formula is C31H37N7O2. The largest absolute Gasteiger partial charge is 0.465 e. The first-order chi connectivity index (χ1) is 19.5. The van der Waals surface area contributed by atoms with Crippen molar-refractivity contribution in [2.45, 2.75) is 44.4 Å². The molecular weight excluding hydrogens is 502 g/mol. The lowest BCUT2D eigenvalue weighted by molar-refractivity contribution is 0.0701. The van der Waals surface area contributed by atoms with Crippen molar-refractivity contribution < 1.29 is 9.90 Å². The highest BCUT2D eigenvalue weighted by Gasteiger charge is 2.37. The fourth-order valence-corrected chi connectivity index (χ4v) is 6.73. The van der Waals surface area contributed by atoms with Crippen LogP contribution in [-0.2, 0) is 6.54 Å². The van der Waals surface area contributed by atoms with Gasteiger partial charge >= 0.3 is 6.09 Å². The molecule has 1 aromatic heterocycles. The second-order valence-electron chi connectivity index (χ2n) is 11.3. The van der Waals surface area contributed by atoms with Crippen LogP contribution >= 0.6 is 0 Å². The molecule has 3 fully saturated rings. The van der Waals surface area contributed by atoms with Crippen molar-refractivity contribution in [2.75, 3.05) is 55.6 Å². The third kappa shape index (κ3) is 5.29. The molecule has 0 radical (unpaired) electrons. The Hall–Kier alpha value is -3.87. The number of anilines is 2. The van der Waals surface area contributed by atoms with Gasteiger partial charge in [-0.15, -0.1) is 0 Å². The molecule has 9 heteroatoms. The quantitative estimate of drug-likeness (QED) is 0.506. The lowest BCUT2D eigenvalue weighted by Crippen LogP contribution is -2.62. The molecule has 4 heterocycles. The normalized spacial score (nSPS) is 23.6. The van der Waals surface area contributed by atoms with Gasteiger partial charge in [-0.3, -0.25) is 9.88 Å². The molecule has 2 aromatic carbocycles. The van der Waals surface area contributed by atoms with Gasteiger partial charge in [-0.2, -0.15) is 5.26 Å². The number of hydrogen-bond acceptors (Lipinski definition) is 7. The molecule has 2 N–H and O–H groups in total. The van der Waals surface area contributed by atoms with E-state index in [9.17, 15) is 15.2 Å². The molecule has 0 spiro atoms. The summed E-state index contributed by atoms with van der Waals surface area (Å²) in [6.07, 6.45) is 3.19. The van der Waals surface area contributed by atoms with Crippen LogP contribution < -0.4 is 15.1 Å². The molecule has 208 valence electrons. The summed E-state index contributed by atoms with van der Waals surface area (Å²) in [5.74, 6) is 0. The molecule has 0 aliphatic carbocycles. The van der Waals surface area contributed by atoms with E-state index in [4.69, 9.17) is 0 Å². The van der Waals surface area contributed by atoms with Gasteiger partial charge in [0.15, 0.2) is 0 Å². The van der Waals surface area contributed by atoms with Crippen LogP contribution in [0.5, 0.6) is 0 Å². The summed E-state index contributed by atoms with van der Waals surface area (Å²) in [5, 5.41) is 23.6. The van der Waals surface area contributed by atoms with E-state index in [1.165, 1.54) is 16.2 Å². The van der Waals surface area contributed by atoms with Crippen LogP contribution in [0.4, 0.5) is 16.2 Å². The molecule has 3 saturated heterocycles. The molecule has 0 bridgehead atoms. The van der Waals surface area contributed by atoms with Crippen LogP contribution in [-0.4, -0.2) is 89.9 Å². The van der Waals surface area contributed by atoms with Crippen molar-refractivity contribution in [1.82, 2.24) is 20.1 Å². The number of fused-ring (bicyclic) bond motifs is 2. The zero-order valence-electron chi connectivity index (χ0n) is 23.0. The second-order valence-corrected chi connectivity index (χ2v) is 11.3. The predicted molar refractivity (Wildman–Crippen MR) is 157 cm³/mol. The highest BCUT2D eigenvalue weighted by molar-refractivity contribution is 5.95. The van der Waals surface area contributed by atoms with Crippen molar-refractivity contribution in [3.05, 3.63) is 65.9 Å². The Morgan fingerprint density at radius 2 is 1.85 bits per heavy atom. The number of carbonyl (C=O) groups is 1. The van der Waals surface area contributed by atoms with Crippen molar-refractivity contribution in [3.8, 4) is 6.07 Å². The fraction of sp³-hybridized carbons (Fsp3) is 0.452. The van der Waals surface area contributed by atoms with Crippen molar-refractivity contribution in [3.63, 3.8) is 0 Å². The number of nitrogens with one attached hydrogen (secondary N) is 1. The van der Waals surface area contributed by atoms with E-state index in [1.807, 2.05) is 12.1 Å². The van der Waals surface area contributed by atoms with Gasteiger partial charge in [-0.05, 0) is 61.7 Å². The Morgan fingerprint density at radius 1 is 1.05 bits per heavy atom. The number of carboxylic acid groups (broad SMARTS) is 1. The molecule has 40 heavy (non-hydrogen) atoms. The zero-order chi connectivity index (χ0) is 27.6. The minimum absolute atomic E-state index is 0.465. The average molecular weight is 540 g/mol. The SMILES string of the molecule is C[C@@H]1CN(c2ccc(C#N)c3ncccc23)C[C@@H]2CC(NCc3ccc(N4CCN(C(=O)O)CC4)cc3)CCN21. The summed E-state index contributed by atoms with van der Waals surface area (Å²) in [7, 11) is 0. The molecule has 0 saturated carbocycles. The Morgan fingerprint density at radius 3 is 2.60 bits per heavy atom. The van der Waals surface area contributed by atoms with Gasteiger partial charge in [0.1, 0.15) is 6.07 Å². The van der Waals surface area contributed by atoms with Crippen LogP contribution in [0.25, 0.3) is 10.9 Å². The lowest BCUT2D eigenvalue weighted by Gasteiger charge is -2.50. The molecule has 3 aliphatic rings. The van der Waals surface area contributed by atoms with E-state index in [0.717, 1.165) is 68.7 Å². The second kappa shape index (κ2) is 11.3. The summed E-state index contributed by atoms with van der Waals surface area (Å²) in [5.41, 5.74) is 5.01. The maximum Gasteiger partial charge on any atom is 0.407 e. The van der Waals surface area contributed by atoms with E-state index >= 15 is 0 Å². The number of nitriles is 1.